The van der Waals surface area contributed by atoms with E-state index in [1.54, 1.807) is 0 Å². The molecule has 1 unspecified atom stereocenters. The molecule has 0 saturated carbocycles. The molecular weight excluding hydrogens is 272 g/mol. The Kier molecular flexibility index (Phi) is 3.11. The van der Waals surface area contributed by atoms with E-state index in [-0.39, 0.29) is 0 Å². The van der Waals surface area contributed by atoms with Crippen LogP contribution in [0.3, 0.4) is 0 Å². The van der Waals surface area contributed by atoms with E-state index in [9.17, 15) is 4.79 Å². The molecule has 0 spiro atoms. The molecule has 1 aromatic carbocycles. The molecule has 1 atom stereocenters. The van der Waals surface area contributed by atoms with Gasteiger partial charge in [0, 0.05) is 23.1 Å². The van der Waals surface area contributed by atoms with Gasteiger partial charge in [-0.1, -0.05) is 22.0 Å². The first-order valence-electron chi connectivity index (χ1n) is 4.84. The van der Waals surface area contributed by atoms with Gasteiger partial charge in [-0.05, 0) is 18.2 Å². The Hall–Kier alpha value is -1.54. The van der Waals surface area contributed by atoms with Crippen LogP contribution >= 0.6 is 15.9 Å². The minimum Gasteiger partial charge on any atom is -0.430 e. The van der Waals surface area contributed by atoms with Gasteiger partial charge < -0.3 is 4.74 Å². The molecule has 1 saturated heterocycles. The van der Waals surface area contributed by atoms with Gasteiger partial charge in [-0.2, -0.15) is 5.26 Å². The highest BCUT2D eigenvalue weighted by Crippen LogP contribution is 2.23. The normalized spacial score (nSPS) is 20.1. The van der Waals surface area contributed by atoms with Crippen LogP contribution in [0, 0.1) is 11.3 Å². The van der Waals surface area contributed by atoms with Gasteiger partial charge >= 0.3 is 6.09 Å². The lowest BCUT2D eigenvalue weighted by Crippen LogP contribution is -2.41. The van der Waals surface area contributed by atoms with Crippen molar-refractivity contribution < 1.29 is 9.53 Å². The molecule has 1 aromatic rings. The third-order valence-electron chi connectivity index (χ3n) is 2.34. The number of hydrogen-bond donors (Lipinski definition) is 0. The molecule has 1 amide bonds. The summed E-state index contributed by atoms with van der Waals surface area (Å²) < 4.78 is 5.86. The number of carbonyl (C=O) groups excluding carboxylic acids is 1. The number of benzene rings is 1. The molecule has 16 heavy (non-hydrogen) atoms. The van der Waals surface area contributed by atoms with Crippen molar-refractivity contribution in [1.82, 2.24) is 0 Å². The van der Waals surface area contributed by atoms with E-state index in [0.29, 0.717) is 13.0 Å². The van der Waals surface area contributed by atoms with Crippen LogP contribution in [-0.4, -0.2) is 18.7 Å². The summed E-state index contributed by atoms with van der Waals surface area (Å²) in [5.74, 6) is 0. The predicted molar refractivity (Wildman–Crippen MR) is 62.0 cm³/mol. The SMILES string of the molecule is N#CC1CCN(c2cccc(Br)c2)C(=O)O1. The Labute approximate surface area is 102 Å². The highest BCUT2D eigenvalue weighted by molar-refractivity contribution is 9.10. The highest BCUT2D eigenvalue weighted by Gasteiger charge is 2.27. The molecule has 0 N–H and O–H groups in total. The summed E-state index contributed by atoms with van der Waals surface area (Å²) in [4.78, 5) is 13.1. The van der Waals surface area contributed by atoms with Crippen molar-refractivity contribution in [2.45, 2.75) is 12.5 Å². The standard InChI is InChI=1S/C11H9BrN2O2/c12-8-2-1-3-9(6-8)14-5-4-10(7-13)16-11(14)15/h1-3,6,10H,4-5H2. The van der Waals surface area contributed by atoms with E-state index in [2.05, 4.69) is 15.9 Å². The van der Waals surface area contributed by atoms with Crippen molar-refractivity contribution in [2.24, 2.45) is 0 Å². The number of carbonyl (C=O) groups is 1. The smallest absolute Gasteiger partial charge is 0.415 e. The third kappa shape index (κ3) is 2.17. The molecule has 1 aliphatic rings. The van der Waals surface area contributed by atoms with Gasteiger partial charge in [0.2, 0.25) is 0 Å². The second kappa shape index (κ2) is 4.54. The van der Waals surface area contributed by atoms with E-state index in [4.69, 9.17) is 10.00 Å². The summed E-state index contributed by atoms with van der Waals surface area (Å²) in [5, 5.41) is 8.66. The van der Waals surface area contributed by atoms with Crippen molar-refractivity contribution >= 4 is 27.7 Å². The lowest BCUT2D eigenvalue weighted by molar-refractivity contribution is 0.111. The average molecular weight is 281 g/mol. The number of hydrogen-bond acceptors (Lipinski definition) is 3. The van der Waals surface area contributed by atoms with E-state index >= 15 is 0 Å². The largest absolute Gasteiger partial charge is 0.430 e. The zero-order valence-corrected chi connectivity index (χ0v) is 9.98. The highest BCUT2D eigenvalue weighted by atomic mass is 79.9. The van der Waals surface area contributed by atoms with Crippen LogP contribution in [0.4, 0.5) is 10.5 Å². The summed E-state index contributed by atoms with van der Waals surface area (Å²) in [7, 11) is 0. The number of anilines is 1. The molecule has 0 radical (unpaired) electrons. The molecule has 0 aromatic heterocycles. The van der Waals surface area contributed by atoms with Crippen molar-refractivity contribution in [1.29, 1.82) is 5.26 Å². The van der Waals surface area contributed by atoms with Crippen molar-refractivity contribution in [3.8, 4) is 6.07 Å². The zero-order valence-electron chi connectivity index (χ0n) is 8.39. The average Bonchev–Trinajstić information content (AvgIpc) is 2.28. The third-order valence-corrected chi connectivity index (χ3v) is 2.84. The molecule has 0 bridgehead atoms. The number of halogens is 1. The second-order valence-electron chi connectivity index (χ2n) is 3.42. The maximum Gasteiger partial charge on any atom is 0.415 e. The van der Waals surface area contributed by atoms with Crippen LogP contribution in [0.25, 0.3) is 0 Å². The van der Waals surface area contributed by atoms with Gasteiger partial charge in [-0.3, -0.25) is 4.90 Å². The topological polar surface area (TPSA) is 53.3 Å². The van der Waals surface area contributed by atoms with Gasteiger partial charge in [0.05, 0.1) is 0 Å². The fourth-order valence-corrected chi connectivity index (χ4v) is 1.94. The Morgan fingerprint density at radius 1 is 1.56 bits per heavy atom. The van der Waals surface area contributed by atoms with Gasteiger partial charge in [-0.25, -0.2) is 4.79 Å². The summed E-state index contributed by atoms with van der Waals surface area (Å²) in [6.45, 7) is 0.507. The first-order valence-corrected chi connectivity index (χ1v) is 5.63. The number of rotatable bonds is 1. The first kappa shape index (κ1) is 11.0. The van der Waals surface area contributed by atoms with Gasteiger partial charge in [0.25, 0.3) is 0 Å². The Morgan fingerprint density at radius 3 is 3.00 bits per heavy atom. The van der Waals surface area contributed by atoms with Gasteiger partial charge in [0.1, 0.15) is 6.07 Å². The van der Waals surface area contributed by atoms with Crippen LogP contribution in [0.1, 0.15) is 6.42 Å². The number of ether oxygens (including phenoxy) is 1. The Morgan fingerprint density at radius 2 is 2.38 bits per heavy atom. The summed E-state index contributed by atoms with van der Waals surface area (Å²) in [5.41, 5.74) is 0.774. The van der Waals surface area contributed by atoms with Crippen LogP contribution in [0.2, 0.25) is 0 Å². The quantitative estimate of drug-likeness (QED) is 0.795. The van der Waals surface area contributed by atoms with Gasteiger partial charge in [0.15, 0.2) is 6.10 Å². The van der Waals surface area contributed by atoms with Crippen molar-refractivity contribution in [3.63, 3.8) is 0 Å². The Balaban J connectivity index is 2.18. The molecule has 1 aliphatic heterocycles. The molecule has 5 heteroatoms. The maximum atomic E-state index is 11.6. The number of amides is 1. The fraction of sp³-hybridized carbons (Fsp3) is 0.273. The minimum absolute atomic E-state index is 0.462. The zero-order chi connectivity index (χ0) is 11.5. The monoisotopic (exact) mass is 280 g/mol. The number of cyclic esters (lactones) is 1. The first-order chi connectivity index (χ1) is 7.70. The predicted octanol–water partition coefficient (Wildman–Crippen LogP) is 2.69. The van der Waals surface area contributed by atoms with Crippen LogP contribution in [0.5, 0.6) is 0 Å². The van der Waals surface area contributed by atoms with E-state index in [0.717, 1.165) is 10.2 Å². The summed E-state index contributed by atoms with van der Waals surface area (Å²) in [6.07, 6.45) is -0.541. The molecule has 2 rings (SSSR count). The van der Waals surface area contributed by atoms with E-state index in [1.165, 1.54) is 4.90 Å². The Bertz CT molecular complexity index is 456. The number of nitrogens with zero attached hydrogens (tertiary/aromatic N) is 2. The van der Waals surface area contributed by atoms with Crippen molar-refractivity contribution in [2.75, 3.05) is 11.4 Å². The lowest BCUT2D eigenvalue weighted by atomic mass is 10.2. The summed E-state index contributed by atoms with van der Waals surface area (Å²) in [6, 6.07) is 9.35. The molecule has 0 aliphatic carbocycles. The molecule has 82 valence electrons. The second-order valence-corrected chi connectivity index (χ2v) is 4.34. The van der Waals surface area contributed by atoms with Crippen LogP contribution in [-0.2, 0) is 4.74 Å². The lowest BCUT2D eigenvalue weighted by Gasteiger charge is -2.28. The van der Waals surface area contributed by atoms with Gasteiger partial charge in [-0.15, -0.1) is 0 Å². The molecule has 1 heterocycles. The van der Waals surface area contributed by atoms with E-state index in [1.807, 2.05) is 30.3 Å². The van der Waals surface area contributed by atoms with E-state index < -0.39 is 12.2 Å². The maximum absolute atomic E-state index is 11.6. The van der Waals surface area contributed by atoms with Crippen LogP contribution < -0.4 is 4.90 Å². The fourth-order valence-electron chi connectivity index (χ4n) is 1.55. The van der Waals surface area contributed by atoms with Crippen molar-refractivity contribution in [3.05, 3.63) is 28.7 Å². The molecule has 1 fully saturated rings. The molecule has 4 nitrogen and oxygen atoms in total. The minimum atomic E-state index is -0.615. The number of nitriles is 1. The van der Waals surface area contributed by atoms with Crippen LogP contribution in [0.15, 0.2) is 28.7 Å². The summed E-state index contributed by atoms with van der Waals surface area (Å²) >= 11 is 3.34. The molecular formula is C11H9BrN2O2.